The summed E-state index contributed by atoms with van der Waals surface area (Å²) < 4.78 is 5.23. The van der Waals surface area contributed by atoms with Crippen LogP contribution in [-0.2, 0) is 0 Å². The first-order chi connectivity index (χ1) is 7.36. The van der Waals surface area contributed by atoms with E-state index in [4.69, 9.17) is 4.42 Å². The van der Waals surface area contributed by atoms with Crippen LogP contribution in [0.25, 0.3) is 11.6 Å². The van der Waals surface area contributed by atoms with Gasteiger partial charge in [-0.15, -0.1) is 0 Å². The molecule has 74 valence electrons. The van der Waals surface area contributed by atoms with Crippen LogP contribution >= 0.6 is 0 Å². The van der Waals surface area contributed by atoms with Crippen LogP contribution in [0.15, 0.2) is 65.8 Å². The number of rotatable bonds is 3. The second kappa shape index (κ2) is 4.47. The molecule has 0 atom stereocenters. The van der Waals surface area contributed by atoms with Crippen LogP contribution in [-0.4, -0.2) is 0 Å². The van der Waals surface area contributed by atoms with Crippen LogP contribution in [0.1, 0.15) is 11.3 Å². The summed E-state index contributed by atoms with van der Waals surface area (Å²) in [4.78, 5) is 0. The van der Waals surface area contributed by atoms with Crippen molar-refractivity contribution in [2.75, 3.05) is 0 Å². The maximum atomic E-state index is 5.23. The van der Waals surface area contributed by atoms with Crippen molar-refractivity contribution in [1.29, 1.82) is 0 Å². The standard InChI is InChI=1S/C14H12O/c1-12(14-8-5-11-15-14)9-10-13-6-3-2-4-7-13/h2-11H,1H2/b10-9+. The lowest BCUT2D eigenvalue weighted by Crippen LogP contribution is -1.73. The van der Waals surface area contributed by atoms with E-state index < -0.39 is 0 Å². The summed E-state index contributed by atoms with van der Waals surface area (Å²) >= 11 is 0. The van der Waals surface area contributed by atoms with Crippen LogP contribution < -0.4 is 0 Å². The number of hydrogen-bond acceptors (Lipinski definition) is 1. The van der Waals surface area contributed by atoms with Gasteiger partial charge in [-0.2, -0.15) is 0 Å². The highest BCUT2D eigenvalue weighted by Crippen LogP contribution is 2.15. The first-order valence-corrected chi connectivity index (χ1v) is 4.82. The fourth-order valence-corrected chi connectivity index (χ4v) is 1.30. The van der Waals surface area contributed by atoms with Crippen LogP contribution in [0.2, 0.25) is 0 Å². The van der Waals surface area contributed by atoms with Gasteiger partial charge in [0.05, 0.1) is 6.26 Å². The molecular formula is C14H12O. The van der Waals surface area contributed by atoms with Crippen molar-refractivity contribution in [2.45, 2.75) is 0 Å². The molecule has 0 aliphatic carbocycles. The molecule has 0 amide bonds. The highest BCUT2D eigenvalue weighted by atomic mass is 16.3. The minimum Gasteiger partial charge on any atom is -0.464 e. The van der Waals surface area contributed by atoms with Crippen LogP contribution in [0.4, 0.5) is 0 Å². The van der Waals surface area contributed by atoms with Gasteiger partial charge < -0.3 is 4.42 Å². The highest BCUT2D eigenvalue weighted by molar-refractivity contribution is 5.74. The van der Waals surface area contributed by atoms with E-state index in [-0.39, 0.29) is 0 Å². The van der Waals surface area contributed by atoms with Crippen molar-refractivity contribution >= 4 is 11.6 Å². The van der Waals surface area contributed by atoms with Crippen LogP contribution in [0, 0.1) is 0 Å². The second-order valence-corrected chi connectivity index (χ2v) is 3.25. The van der Waals surface area contributed by atoms with Gasteiger partial charge >= 0.3 is 0 Å². The highest BCUT2D eigenvalue weighted by Gasteiger charge is 1.96. The Kier molecular flexibility index (Phi) is 2.84. The lowest BCUT2D eigenvalue weighted by molar-refractivity contribution is 0.554. The lowest BCUT2D eigenvalue weighted by Gasteiger charge is -1.94. The van der Waals surface area contributed by atoms with Crippen LogP contribution in [0.5, 0.6) is 0 Å². The summed E-state index contributed by atoms with van der Waals surface area (Å²) in [6.07, 6.45) is 5.62. The maximum Gasteiger partial charge on any atom is 0.133 e. The summed E-state index contributed by atoms with van der Waals surface area (Å²) in [6, 6.07) is 13.9. The molecule has 15 heavy (non-hydrogen) atoms. The number of furan rings is 1. The maximum absolute atomic E-state index is 5.23. The van der Waals surface area contributed by atoms with Gasteiger partial charge in [-0.25, -0.2) is 0 Å². The topological polar surface area (TPSA) is 13.1 Å². The first-order valence-electron chi connectivity index (χ1n) is 4.82. The predicted octanol–water partition coefficient (Wildman–Crippen LogP) is 4.01. The Bertz CT molecular complexity index is 449. The smallest absolute Gasteiger partial charge is 0.133 e. The number of allylic oxidation sites excluding steroid dienone is 2. The molecule has 1 heteroatoms. The molecule has 0 fully saturated rings. The average molecular weight is 196 g/mol. The zero-order chi connectivity index (χ0) is 10.5. The van der Waals surface area contributed by atoms with Gasteiger partial charge in [0.2, 0.25) is 0 Å². The minimum absolute atomic E-state index is 0.808. The molecule has 0 N–H and O–H groups in total. The molecule has 1 aromatic heterocycles. The molecule has 0 spiro atoms. The summed E-state index contributed by atoms with van der Waals surface area (Å²) in [5.41, 5.74) is 2.04. The molecule has 1 nitrogen and oxygen atoms in total. The van der Waals surface area contributed by atoms with Gasteiger partial charge in [0.1, 0.15) is 5.76 Å². The summed E-state index contributed by atoms with van der Waals surface area (Å²) in [5.74, 6) is 0.808. The Labute approximate surface area is 89.4 Å². The Balaban J connectivity index is 2.10. The van der Waals surface area contributed by atoms with Crippen LogP contribution in [0.3, 0.4) is 0 Å². The van der Waals surface area contributed by atoms with Crippen molar-refractivity contribution in [3.8, 4) is 0 Å². The summed E-state index contributed by atoms with van der Waals surface area (Å²) in [6.45, 7) is 3.93. The van der Waals surface area contributed by atoms with Gasteiger partial charge in [-0.3, -0.25) is 0 Å². The van der Waals surface area contributed by atoms with Crippen molar-refractivity contribution in [2.24, 2.45) is 0 Å². The van der Waals surface area contributed by atoms with E-state index in [2.05, 4.69) is 6.58 Å². The molecule has 0 saturated heterocycles. The molecule has 0 saturated carbocycles. The molecule has 0 aliphatic heterocycles. The lowest BCUT2D eigenvalue weighted by atomic mass is 10.1. The Morgan fingerprint density at radius 1 is 1.07 bits per heavy atom. The largest absolute Gasteiger partial charge is 0.464 e. The molecule has 0 bridgehead atoms. The van der Waals surface area contributed by atoms with Gasteiger partial charge in [0.15, 0.2) is 0 Å². The van der Waals surface area contributed by atoms with Gasteiger partial charge in [-0.1, -0.05) is 49.1 Å². The van der Waals surface area contributed by atoms with E-state index in [9.17, 15) is 0 Å². The van der Waals surface area contributed by atoms with Gasteiger partial charge in [0, 0.05) is 5.57 Å². The fourth-order valence-electron chi connectivity index (χ4n) is 1.30. The quantitative estimate of drug-likeness (QED) is 0.676. The Morgan fingerprint density at radius 2 is 1.87 bits per heavy atom. The van der Waals surface area contributed by atoms with E-state index in [1.165, 1.54) is 0 Å². The second-order valence-electron chi connectivity index (χ2n) is 3.25. The third kappa shape index (κ3) is 2.47. The Morgan fingerprint density at radius 3 is 2.53 bits per heavy atom. The van der Waals surface area contributed by atoms with Crippen molar-refractivity contribution in [1.82, 2.24) is 0 Å². The van der Waals surface area contributed by atoms with Crippen molar-refractivity contribution in [3.63, 3.8) is 0 Å². The molecule has 1 aromatic carbocycles. The molecule has 0 unspecified atom stereocenters. The third-order valence-corrected chi connectivity index (χ3v) is 2.11. The first kappa shape index (κ1) is 9.53. The van der Waals surface area contributed by atoms with E-state index in [1.807, 2.05) is 54.6 Å². The third-order valence-electron chi connectivity index (χ3n) is 2.11. The molecule has 0 radical (unpaired) electrons. The monoisotopic (exact) mass is 196 g/mol. The zero-order valence-electron chi connectivity index (χ0n) is 8.39. The van der Waals surface area contributed by atoms with E-state index in [1.54, 1.807) is 6.26 Å². The molecule has 2 rings (SSSR count). The summed E-state index contributed by atoms with van der Waals surface area (Å²) in [7, 11) is 0. The van der Waals surface area contributed by atoms with E-state index in [0.29, 0.717) is 0 Å². The molecular weight excluding hydrogens is 184 g/mol. The number of hydrogen-bond donors (Lipinski definition) is 0. The number of benzene rings is 1. The molecule has 0 aliphatic rings. The zero-order valence-corrected chi connectivity index (χ0v) is 8.39. The minimum atomic E-state index is 0.808. The normalized spacial score (nSPS) is 10.7. The molecule has 1 heterocycles. The predicted molar refractivity (Wildman–Crippen MR) is 63.2 cm³/mol. The van der Waals surface area contributed by atoms with Crippen molar-refractivity contribution < 1.29 is 4.42 Å². The average Bonchev–Trinajstić information content (AvgIpc) is 2.81. The van der Waals surface area contributed by atoms with E-state index >= 15 is 0 Å². The summed E-state index contributed by atoms with van der Waals surface area (Å²) in [5, 5.41) is 0. The van der Waals surface area contributed by atoms with Crippen molar-refractivity contribution in [3.05, 3.63) is 72.7 Å². The van der Waals surface area contributed by atoms with Gasteiger partial charge in [0.25, 0.3) is 0 Å². The SMILES string of the molecule is C=C(/C=C/c1ccccc1)c1ccco1. The fraction of sp³-hybridized carbons (Fsp3) is 0. The van der Waals surface area contributed by atoms with E-state index in [0.717, 1.165) is 16.9 Å². The van der Waals surface area contributed by atoms with Gasteiger partial charge in [-0.05, 0) is 17.7 Å². The Hall–Kier alpha value is -2.02. The molecule has 2 aromatic rings.